The number of hydrogen-bond donors (Lipinski definition) is 0. The van der Waals surface area contributed by atoms with Gasteiger partial charge in [-0.15, -0.1) is 0 Å². The largest absolute Gasteiger partial charge is 0.467 e. The van der Waals surface area contributed by atoms with E-state index in [4.69, 9.17) is 16.0 Å². The van der Waals surface area contributed by atoms with Crippen LogP contribution in [0.25, 0.3) is 5.69 Å². The van der Waals surface area contributed by atoms with Crippen LogP contribution in [-0.4, -0.2) is 27.6 Å². The van der Waals surface area contributed by atoms with Gasteiger partial charge in [0.2, 0.25) is 5.91 Å². The number of benzene rings is 1. The number of aryl methyl sites for hydroxylation is 1. The number of halogens is 1. The maximum Gasteiger partial charge on any atom is 0.227 e. The monoisotopic (exact) mass is 357 g/mol. The number of likely N-dealkylation sites (N-methyl/N-ethyl adjacent to an activating group) is 1. The number of amides is 1. The Labute approximate surface area is 151 Å². The molecule has 0 fully saturated rings. The molecular formula is C19H20ClN3O2. The average Bonchev–Trinajstić information content (AvgIpc) is 3.19. The van der Waals surface area contributed by atoms with Crippen molar-refractivity contribution in [2.24, 2.45) is 0 Å². The van der Waals surface area contributed by atoms with Gasteiger partial charge >= 0.3 is 0 Å². The lowest BCUT2D eigenvalue weighted by Gasteiger charge is -2.16. The molecule has 0 aliphatic heterocycles. The third-order valence-electron chi connectivity index (χ3n) is 4.24. The number of aromatic nitrogens is 2. The van der Waals surface area contributed by atoms with Crippen molar-refractivity contribution in [3.63, 3.8) is 0 Å². The summed E-state index contributed by atoms with van der Waals surface area (Å²) in [5.41, 5.74) is 3.69. The Kier molecular flexibility index (Phi) is 4.95. The van der Waals surface area contributed by atoms with Gasteiger partial charge in [0.05, 0.1) is 30.6 Å². The first-order valence-corrected chi connectivity index (χ1v) is 8.41. The lowest BCUT2D eigenvalue weighted by atomic mass is 10.1. The number of furan rings is 1. The van der Waals surface area contributed by atoms with Gasteiger partial charge in [0.1, 0.15) is 5.76 Å². The maximum atomic E-state index is 12.6. The zero-order valence-corrected chi connectivity index (χ0v) is 15.2. The molecule has 2 heterocycles. The molecule has 6 heteroatoms. The first-order chi connectivity index (χ1) is 12.0. The highest BCUT2D eigenvalue weighted by Gasteiger charge is 2.18. The fraction of sp³-hybridized carbons (Fsp3) is 0.263. The van der Waals surface area contributed by atoms with Gasteiger partial charge in [0, 0.05) is 23.3 Å². The summed E-state index contributed by atoms with van der Waals surface area (Å²) >= 11 is 5.95. The van der Waals surface area contributed by atoms with Gasteiger partial charge in [0.15, 0.2) is 0 Å². The van der Waals surface area contributed by atoms with E-state index >= 15 is 0 Å². The molecule has 5 nitrogen and oxygen atoms in total. The summed E-state index contributed by atoms with van der Waals surface area (Å²) in [7, 11) is 1.78. The molecule has 0 unspecified atom stereocenters. The standard InChI is InChI=1S/C19H20ClN3O2/c1-13-18(11-19(24)22(3)12-17-5-4-10-25-17)14(2)23(21-13)16-8-6-15(20)7-9-16/h4-10H,11-12H2,1-3H3. The van der Waals surface area contributed by atoms with Gasteiger partial charge in [-0.25, -0.2) is 4.68 Å². The van der Waals surface area contributed by atoms with Gasteiger partial charge in [0.25, 0.3) is 0 Å². The van der Waals surface area contributed by atoms with Crippen molar-refractivity contribution >= 4 is 17.5 Å². The third kappa shape index (κ3) is 3.77. The van der Waals surface area contributed by atoms with E-state index in [9.17, 15) is 4.79 Å². The highest BCUT2D eigenvalue weighted by molar-refractivity contribution is 6.30. The summed E-state index contributed by atoms with van der Waals surface area (Å²) in [6.45, 7) is 4.35. The lowest BCUT2D eigenvalue weighted by molar-refractivity contribution is -0.129. The smallest absolute Gasteiger partial charge is 0.227 e. The van der Waals surface area contributed by atoms with Crippen LogP contribution in [0.5, 0.6) is 0 Å². The summed E-state index contributed by atoms with van der Waals surface area (Å²) in [5.74, 6) is 0.791. The molecule has 0 aliphatic rings. The molecule has 0 spiro atoms. The Bertz CT molecular complexity index is 867. The van der Waals surface area contributed by atoms with Crippen molar-refractivity contribution in [3.8, 4) is 5.69 Å². The second kappa shape index (κ2) is 7.15. The minimum absolute atomic E-state index is 0.0262. The van der Waals surface area contributed by atoms with Gasteiger partial charge < -0.3 is 9.32 Å². The van der Waals surface area contributed by atoms with E-state index < -0.39 is 0 Å². The van der Waals surface area contributed by atoms with Crippen molar-refractivity contribution in [1.29, 1.82) is 0 Å². The van der Waals surface area contributed by atoms with E-state index in [0.717, 1.165) is 28.4 Å². The van der Waals surface area contributed by atoms with E-state index in [2.05, 4.69) is 5.10 Å². The van der Waals surface area contributed by atoms with Crippen molar-refractivity contribution in [2.45, 2.75) is 26.8 Å². The fourth-order valence-corrected chi connectivity index (χ4v) is 2.90. The van der Waals surface area contributed by atoms with Gasteiger partial charge in [-0.05, 0) is 50.2 Å². The fourth-order valence-electron chi connectivity index (χ4n) is 2.78. The molecule has 0 aliphatic carbocycles. The van der Waals surface area contributed by atoms with Crippen LogP contribution in [0.1, 0.15) is 22.7 Å². The molecule has 3 aromatic rings. The highest BCUT2D eigenvalue weighted by atomic mass is 35.5. The molecule has 0 saturated heterocycles. The van der Waals surface area contributed by atoms with Crippen molar-refractivity contribution in [3.05, 3.63) is 70.4 Å². The SMILES string of the molecule is Cc1nn(-c2ccc(Cl)cc2)c(C)c1CC(=O)N(C)Cc1ccco1. The molecule has 0 atom stereocenters. The van der Waals surface area contributed by atoms with Crippen LogP contribution >= 0.6 is 11.6 Å². The minimum atomic E-state index is 0.0262. The molecule has 0 N–H and O–H groups in total. The van der Waals surface area contributed by atoms with Crippen molar-refractivity contribution in [2.75, 3.05) is 7.05 Å². The minimum Gasteiger partial charge on any atom is -0.467 e. The quantitative estimate of drug-likeness (QED) is 0.695. The number of carbonyl (C=O) groups is 1. The number of carbonyl (C=O) groups excluding carboxylic acids is 1. The Morgan fingerprint density at radius 2 is 1.96 bits per heavy atom. The first kappa shape index (κ1) is 17.3. The summed E-state index contributed by atoms with van der Waals surface area (Å²) in [5, 5.41) is 5.26. The number of nitrogens with zero attached hydrogens (tertiary/aromatic N) is 3. The molecule has 3 rings (SSSR count). The predicted molar refractivity (Wildman–Crippen MR) is 96.9 cm³/mol. The van der Waals surface area contributed by atoms with Crippen LogP contribution < -0.4 is 0 Å². The van der Waals surface area contributed by atoms with Crippen LogP contribution in [0.2, 0.25) is 5.02 Å². The van der Waals surface area contributed by atoms with Gasteiger partial charge in [-0.3, -0.25) is 4.79 Å². The van der Waals surface area contributed by atoms with Gasteiger partial charge in [-0.1, -0.05) is 11.6 Å². The van der Waals surface area contributed by atoms with E-state index in [-0.39, 0.29) is 5.91 Å². The van der Waals surface area contributed by atoms with Crippen LogP contribution in [0, 0.1) is 13.8 Å². The summed E-state index contributed by atoms with van der Waals surface area (Å²) < 4.78 is 7.15. The Morgan fingerprint density at radius 1 is 1.24 bits per heavy atom. The molecule has 0 saturated carbocycles. The number of hydrogen-bond acceptors (Lipinski definition) is 3. The summed E-state index contributed by atoms with van der Waals surface area (Å²) in [6, 6.07) is 11.2. The Morgan fingerprint density at radius 3 is 2.60 bits per heavy atom. The van der Waals surface area contributed by atoms with E-state index in [1.165, 1.54) is 0 Å². The molecule has 1 aromatic carbocycles. The van der Waals surface area contributed by atoms with Crippen molar-refractivity contribution < 1.29 is 9.21 Å². The summed E-state index contributed by atoms with van der Waals surface area (Å²) in [4.78, 5) is 14.2. The molecule has 2 aromatic heterocycles. The molecule has 0 radical (unpaired) electrons. The van der Waals surface area contributed by atoms with Gasteiger partial charge in [-0.2, -0.15) is 5.10 Å². The Hall–Kier alpha value is -2.53. The van der Waals surface area contributed by atoms with Crippen molar-refractivity contribution in [1.82, 2.24) is 14.7 Å². The first-order valence-electron chi connectivity index (χ1n) is 8.03. The third-order valence-corrected chi connectivity index (χ3v) is 4.49. The molecule has 25 heavy (non-hydrogen) atoms. The highest BCUT2D eigenvalue weighted by Crippen LogP contribution is 2.20. The lowest BCUT2D eigenvalue weighted by Crippen LogP contribution is -2.27. The van der Waals surface area contributed by atoms with E-state index in [1.807, 2.05) is 54.9 Å². The van der Waals surface area contributed by atoms with Crippen LogP contribution in [0.3, 0.4) is 0 Å². The molecule has 1 amide bonds. The average molecular weight is 358 g/mol. The second-order valence-corrected chi connectivity index (χ2v) is 6.48. The maximum absolute atomic E-state index is 12.6. The summed E-state index contributed by atoms with van der Waals surface area (Å²) in [6.07, 6.45) is 1.92. The topological polar surface area (TPSA) is 51.3 Å². The number of rotatable bonds is 5. The van der Waals surface area contributed by atoms with Crippen LogP contribution in [0.4, 0.5) is 0 Å². The zero-order chi connectivity index (χ0) is 18.0. The second-order valence-electron chi connectivity index (χ2n) is 6.04. The van der Waals surface area contributed by atoms with Crippen LogP contribution in [-0.2, 0) is 17.8 Å². The molecule has 130 valence electrons. The zero-order valence-electron chi connectivity index (χ0n) is 14.5. The van der Waals surface area contributed by atoms with Crippen LogP contribution in [0.15, 0.2) is 47.1 Å². The van der Waals surface area contributed by atoms with E-state index in [1.54, 1.807) is 18.2 Å². The predicted octanol–water partition coefficient (Wildman–Crippen LogP) is 3.94. The Balaban J connectivity index is 1.78. The normalized spacial score (nSPS) is 10.9. The molecule has 0 bridgehead atoms. The molecular weight excluding hydrogens is 338 g/mol. The van der Waals surface area contributed by atoms with E-state index in [0.29, 0.717) is 18.0 Å².